The number of aryl methyl sites for hydroxylation is 1. The second-order valence-corrected chi connectivity index (χ2v) is 6.99. The zero-order chi connectivity index (χ0) is 13.8. The Labute approximate surface area is 132 Å². The van der Waals surface area contributed by atoms with Crippen LogP contribution in [0.15, 0.2) is 34.1 Å². The van der Waals surface area contributed by atoms with E-state index in [1.807, 2.05) is 12.1 Å². The molecule has 0 bridgehead atoms. The molecule has 2 rings (SSSR count). The van der Waals surface area contributed by atoms with Crippen molar-refractivity contribution in [3.05, 3.63) is 55.1 Å². The monoisotopic (exact) mass is 357 g/mol. The summed E-state index contributed by atoms with van der Waals surface area (Å²) in [5, 5.41) is 6.52. The van der Waals surface area contributed by atoms with Crippen LogP contribution < -0.4 is 5.32 Å². The maximum Gasteiger partial charge on any atom is 0.0588 e. The summed E-state index contributed by atoms with van der Waals surface area (Å²) in [5.74, 6) is 0. The van der Waals surface area contributed by atoms with E-state index in [1.165, 1.54) is 16.0 Å². The largest absolute Gasteiger partial charge is 0.306 e. The molecular weight excluding hydrogens is 342 g/mol. The summed E-state index contributed by atoms with van der Waals surface area (Å²) in [5.41, 5.74) is 2.54. The van der Waals surface area contributed by atoms with Crippen LogP contribution in [0, 0.1) is 6.92 Å². The Kier molecular flexibility index (Phi) is 5.46. The minimum atomic E-state index is 0.209. The molecule has 0 fully saturated rings. The summed E-state index contributed by atoms with van der Waals surface area (Å²) < 4.78 is 1.02. The summed E-state index contributed by atoms with van der Waals surface area (Å²) >= 11 is 11.5. The van der Waals surface area contributed by atoms with E-state index in [1.54, 1.807) is 11.3 Å². The number of thiophene rings is 1. The van der Waals surface area contributed by atoms with Gasteiger partial charge in [-0.1, -0.05) is 34.5 Å². The number of rotatable bonds is 5. The van der Waals surface area contributed by atoms with Gasteiger partial charge in [0.05, 0.1) is 6.04 Å². The Morgan fingerprint density at radius 1 is 1.37 bits per heavy atom. The number of hydrogen-bond donors (Lipinski definition) is 1. The molecule has 1 aromatic heterocycles. The summed E-state index contributed by atoms with van der Waals surface area (Å²) in [6.45, 7) is 5.34. The molecule has 0 radical (unpaired) electrons. The lowest BCUT2D eigenvalue weighted by Gasteiger charge is -2.20. The fourth-order valence-corrected chi connectivity index (χ4v) is 3.76. The van der Waals surface area contributed by atoms with Crippen molar-refractivity contribution in [1.29, 1.82) is 0 Å². The zero-order valence-electron chi connectivity index (χ0n) is 11.0. The Bertz CT molecular complexity index is 533. The topological polar surface area (TPSA) is 12.0 Å². The van der Waals surface area contributed by atoms with Gasteiger partial charge in [0.15, 0.2) is 0 Å². The molecule has 1 unspecified atom stereocenters. The maximum absolute atomic E-state index is 6.17. The third-order valence-electron chi connectivity index (χ3n) is 3.03. The van der Waals surface area contributed by atoms with Gasteiger partial charge < -0.3 is 5.32 Å². The van der Waals surface area contributed by atoms with Crippen LogP contribution in [0.4, 0.5) is 0 Å². The molecule has 1 atom stereocenters. The number of halogens is 2. The van der Waals surface area contributed by atoms with Crippen molar-refractivity contribution in [1.82, 2.24) is 5.32 Å². The fourth-order valence-electron chi connectivity index (χ4n) is 2.13. The molecule has 19 heavy (non-hydrogen) atoms. The highest BCUT2D eigenvalue weighted by molar-refractivity contribution is 9.10. The molecular formula is C15H17BrClNS. The average Bonchev–Trinajstić information content (AvgIpc) is 2.75. The molecule has 0 amide bonds. The Hall–Kier alpha value is -0.350. The van der Waals surface area contributed by atoms with Crippen LogP contribution in [0.3, 0.4) is 0 Å². The van der Waals surface area contributed by atoms with Gasteiger partial charge in [0, 0.05) is 14.4 Å². The third-order valence-corrected chi connectivity index (χ3v) is 4.56. The van der Waals surface area contributed by atoms with Gasteiger partial charge in [0.2, 0.25) is 0 Å². The van der Waals surface area contributed by atoms with Gasteiger partial charge in [-0.2, -0.15) is 0 Å². The quantitative estimate of drug-likeness (QED) is 0.737. The van der Waals surface area contributed by atoms with E-state index in [0.29, 0.717) is 0 Å². The fraction of sp³-hybridized carbons (Fsp3) is 0.333. The molecule has 0 aliphatic carbocycles. The second kappa shape index (κ2) is 6.89. The lowest BCUT2D eigenvalue weighted by molar-refractivity contribution is 0.598. The Balaban J connectivity index is 2.39. The van der Waals surface area contributed by atoms with Gasteiger partial charge >= 0.3 is 0 Å². The molecule has 0 saturated heterocycles. The van der Waals surface area contributed by atoms with Gasteiger partial charge in [-0.15, -0.1) is 11.3 Å². The second-order valence-electron chi connectivity index (χ2n) is 4.52. The molecule has 102 valence electrons. The van der Waals surface area contributed by atoms with Crippen LogP contribution in [0.5, 0.6) is 0 Å². The van der Waals surface area contributed by atoms with Crippen LogP contribution in [-0.2, 0) is 0 Å². The van der Waals surface area contributed by atoms with E-state index in [0.717, 1.165) is 22.5 Å². The Morgan fingerprint density at radius 3 is 2.74 bits per heavy atom. The lowest BCUT2D eigenvalue weighted by Crippen LogP contribution is -2.23. The molecule has 1 N–H and O–H groups in total. The van der Waals surface area contributed by atoms with Gasteiger partial charge in [0.1, 0.15) is 0 Å². The molecule has 2 aromatic rings. The molecule has 1 heterocycles. The first kappa shape index (κ1) is 15.0. The smallest absolute Gasteiger partial charge is 0.0588 e. The lowest BCUT2D eigenvalue weighted by atomic mass is 9.99. The van der Waals surface area contributed by atoms with Gasteiger partial charge in [-0.05, 0) is 60.7 Å². The van der Waals surface area contributed by atoms with E-state index >= 15 is 0 Å². The third kappa shape index (κ3) is 3.82. The molecule has 0 aliphatic heterocycles. The molecule has 0 saturated carbocycles. The minimum absolute atomic E-state index is 0.209. The average molecular weight is 359 g/mol. The van der Waals surface area contributed by atoms with E-state index in [4.69, 9.17) is 11.6 Å². The van der Waals surface area contributed by atoms with Crippen molar-refractivity contribution < 1.29 is 0 Å². The van der Waals surface area contributed by atoms with Crippen molar-refractivity contribution in [3.8, 4) is 0 Å². The predicted octanol–water partition coefficient (Wildman–Crippen LogP) is 5.56. The van der Waals surface area contributed by atoms with Crippen molar-refractivity contribution in [3.63, 3.8) is 0 Å². The van der Waals surface area contributed by atoms with E-state index in [-0.39, 0.29) is 6.04 Å². The van der Waals surface area contributed by atoms with Crippen molar-refractivity contribution in [2.75, 3.05) is 6.54 Å². The normalized spacial score (nSPS) is 12.6. The van der Waals surface area contributed by atoms with Crippen LogP contribution >= 0.6 is 38.9 Å². The molecule has 0 aliphatic rings. The summed E-state index contributed by atoms with van der Waals surface area (Å²) in [6.07, 6.45) is 1.11. The first-order chi connectivity index (χ1) is 9.11. The van der Waals surface area contributed by atoms with Crippen molar-refractivity contribution >= 4 is 38.9 Å². The first-order valence-electron chi connectivity index (χ1n) is 6.35. The molecule has 4 heteroatoms. The number of benzene rings is 1. The zero-order valence-corrected chi connectivity index (χ0v) is 14.2. The van der Waals surface area contributed by atoms with Gasteiger partial charge in [-0.3, -0.25) is 0 Å². The van der Waals surface area contributed by atoms with Gasteiger partial charge in [0.25, 0.3) is 0 Å². The molecule has 0 spiro atoms. The van der Waals surface area contributed by atoms with E-state index < -0.39 is 0 Å². The maximum atomic E-state index is 6.17. The van der Waals surface area contributed by atoms with Crippen LogP contribution in [-0.4, -0.2) is 6.54 Å². The summed E-state index contributed by atoms with van der Waals surface area (Å²) in [6, 6.07) is 8.50. The van der Waals surface area contributed by atoms with E-state index in [2.05, 4.69) is 52.6 Å². The van der Waals surface area contributed by atoms with Crippen molar-refractivity contribution in [2.45, 2.75) is 26.3 Å². The number of hydrogen-bond acceptors (Lipinski definition) is 2. The van der Waals surface area contributed by atoms with Crippen LogP contribution in [0.25, 0.3) is 0 Å². The van der Waals surface area contributed by atoms with Crippen molar-refractivity contribution in [2.24, 2.45) is 0 Å². The Morgan fingerprint density at radius 2 is 2.16 bits per heavy atom. The van der Waals surface area contributed by atoms with Crippen LogP contribution in [0.2, 0.25) is 5.02 Å². The van der Waals surface area contributed by atoms with Crippen LogP contribution in [0.1, 0.15) is 35.4 Å². The summed E-state index contributed by atoms with van der Waals surface area (Å²) in [4.78, 5) is 1.35. The van der Waals surface area contributed by atoms with Gasteiger partial charge in [-0.25, -0.2) is 0 Å². The number of nitrogens with one attached hydrogen (secondary N) is 1. The molecule has 1 aromatic carbocycles. The SMILES string of the molecule is CCCNC(c1cc(Cl)cc(Br)c1)c1ccsc1C. The highest BCUT2D eigenvalue weighted by Crippen LogP contribution is 2.31. The highest BCUT2D eigenvalue weighted by atomic mass is 79.9. The standard InChI is InChI=1S/C15H17BrClNS/c1-3-5-18-15(14-4-6-19-10(14)2)11-7-12(16)9-13(17)8-11/h4,6-9,15,18H,3,5H2,1-2H3. The minimum Gasteiger partial charge on any atom is -0.306 e. The molecule has 1 nitrogen and oxygen atoms in total. The van der Waals surface area contributed by atoms with E-state index in [9.17, 15) is 0 Å². The highest BCUT2D eigenvalue weighted by Gasteiger charge is 2.17. The predicted molar refractivity (Wildman–Crippen MR) is 88.3 cm³/mol. The first-order valence-corrected chi connectivity index (χ1v) is 8.40. The summed E-state index contributed by atoms with van der Waals surface area (Å²) in [7, 11) is 0.